The van der Waals surface area contributed by atoms with Crippen molar-refractivity contribution in [1.29, 1.82) is 0 Å². The predicted octanol–water partition coefficient (Wildman–Crippen LogP) is 8.61. The fourth-order valence-corrected chi connectivity index (χ4v) is 4.19. The first-order valence-electron chi connectivity index (χ1n) is 15.2. The smallest absolute Gasteiger partial charge is 0.306 e. The second kappa shape index (κ2) is 28.2. The summed E-state index contributed by atoms with van der Waals surface area (Å²) in [5.41, 5.74) is 0. The highest BCUT2D eigenvalue weighted by molar-refractivity contribution is 5.70. The van der Waals surface area contributed by atoms with Crippen molar-refractivity contribution in [3.05, 3.63) is 12.2 Å². The Bertz CT molecular complexity index is 517. The van der Waals surface area contributed by atoms with Crippen molar-refractivity contribution in [2.45, 2.75) is 161 Å². The average Bonchev–Trinajstić information content (AvgIpc) is 2.88. The van der Waals surface area contributed by atoms with E-state index in [0.29, 0.717) is 12.8 Å². The van der Waals surface area contributed by atoms with Crippen LogP contribution in [-0.4, -0.2) is 36.4 Å². The molecule has 5 heteroatoms. The van der Waals surface area contributed by atoms with Crippen LogP contribution < -0.4 is 0 Å². The largest absolute Gasteiger partial charge is 0.462 e. The highest BCUT2D eigenvalue weighted by atomic mass is 16.6. The van der Waals surface area contributed by atoms with Gasteiger partial charge in [-0.05, 0) is 38.5 Å². The number of aliphatic hydroxyl groups excluding tert-OH is 1. The number of unbranched alkanes of at least 4 members (excludes halogenated alkanes) is 17. The first kappa shape index (κ1) is 34.6. The molecule has 0 rings (SSSR count). The lowest BCUT2D eigenvalue weighted by molar-refractivity contribution is -0.161. The summed E-state index contributed by atoms with van der Waals surface area (Å²) in [7, 11) is 0. The normalized spacial score (nSPS) is 12.2. The standard InChI is InChI=1S/C31H58O5/c1-3-5-7-9-11-12-13-14-15-16-17-18-19-20-22-24-26-31(34)36-29(27-32)28-35-30(33)25-23-21-10-8-6-4-2/h15-16,29,32H,3-14,17-28H2,1-2H3/b16-15-. The number of aliphatic hydroxyl groups is 1. The van der Waals surface area contributed by atoms with Crippen LogP contribution in [0.25, 0.3) is 0 Å². The van der Waals surface area contributed by atoms with Crippen LogP contribution >= 0.6 is 0 Å². The molecule has 1 atom stereocenters. The minimum atomic E-state index is -0.765. The van der Waals surface area contributed by atoms with E-state index < -0.39 is 6.10 Å². The van der Waals surface area contributed by atoms with Gasteiger partial charge in [-0.15, -0.1) is 0 Å². The zero-order chi connectivity index (χ0) is 26.5. The molecule has 0 aromatic rings. The van der Waals surface area contributed by atoms with Gasteiger partial charge in [0.1, 0.15) is 6.61 Å². The first-order valence-corrected chi connectivity index (χ1v) is 15.2. The van der Waals surface area contributed by atoms with Gasteiger partial charge in [0.25, 0.3) is 0 Å². The zero-order valence-electron chi connectivity index (χ0n) is 23.8. The molecule has 36 heavy (non-hydrogen) atoms. The molecule has 0 aromatic heterocycles. The van der Waals surface area contributed by atoms with Crippen LogP contribution in [0.4, 0.5) is 0 Å². The quantitative estimate of drug-likeness (QED) is 0.0680. The van der Waals surface area contributed by atoms with Gasteiger partial charge in [-0.1, -0.05) is 116 Å². The van der Waals surface area contributed by atoms with Gasteiger partial charge in [0.05, 0.1) is 6.61 Å². The minimum Gasteiger partial charge on any atom is -0.462 e. The minimum absolute atomic E-state index is 0.0661. The Labute approximate surface area is 222 Å². The van der Waals surface area contributed by atoms with Crippen molar-refractivity contribution in [3.63, 3.8) is 0 Å². The fourth-order valence-electron chi connectivity index (χ4n) is 4.19. The van der Waals surface area contributed by atoms with Gasteiger partial charge in [0.15, 0.2) is 6.10 Å². The molecule has 0 bridgehead atoms. The van der Waals surface area contributed by atoms with Gasteiger partial charge < -0.3 is 14.6 Å². The Hall–Kier alpha value is -1.36. The van der Waals surface area contributed by atoms with Gasteiger partial charge >= 0.3 is 11.9 Å². The van der Waals surface area contributed by atoms with Crippen molar-refractivity contribution in [3.8, 4) is 0 Å². The van der Waals surface area contributed by atoms with Crippen molar-refractivity contribution in [1.82, 2.24) is 0 Å². The third-order valence-corrected chi connectivity index (χ3v) is 6.56. The molecular weight excluding hydrogens is 452 g/mol. The maximum atomic E-state index is 12.0. The monoisotopic (exact) mass is 510 g/mol. The van der Waals surface area contributed by atoms with E-state index in [1.54, 1.807) is 0 Å². The summed E-state index contributed by atoms with van der Waals surface area (Å²) in [6, 6.07) is 0. The SMILES string of the molecule is CCCCCCCCC/C=C\CCCCCCCC(=O)OC(CO)COC(=O)CCCCCCCC. The van der Waals surface area contributed by atoms with E-state index in [9.17, 15) is 14.7 Å². The van der Waals surface area contributed by atoms with Crippen molar-refractivity contribution in [2.75, 3.05) is 13.2 Å². The lowest BCUT2D eigenvalue weighted by Gasteiger charge is -2.15. The van der Waals surface area contributed by atoms with Gasteiger partial charge in [-0.25, -0.2) is 0 Å². The summed E-state index contributed by atoms with van der Waals surface area (Å²) in [5.74, 6) is -0.609. The molecule has 0 aliphatic carbocycles. The Kier molecular flexibility index (Phi) is 27.1. The van der Waals surface area contributed by atoms with Gasteiger partial charge in [0.2, 0.25) is 0 Å². The third-order valence-electron chi connectivity index (χ3n) is 6.56. The van der Waals surface area contributed by atoms with E-state index in [-0.39, 0.29) is 25.2 Å². The molecule has 1 N–H and O–H groups in total. The van der Waals surface area contributed by atoms with Gasteiger partial charge in [-0.3, -0.25) is 9.59 Å². The Balaban J connectivity index is 3.57. The molecular formula is C31H58O5. The third kappa shape index (κ3) is 25.7. The maximum absolute atomic E-state index is 12.0. The molecule has 212 valence electrons. The van der Waals surface area contributed by atoms with E-state index in [1.807, 2.05) is 0 Å². The molecule has 0 aliphatic rings. The van der Waals surface area contributed by atoms with E-state index in [4.69, 9.17) is 9.47 Å². The number of carbonyl (C=O) groups excluding carboxylic acids is 2. The molecule has 0 heterocycles. The number of rotatable bonds is 27. The highest BCUT2D eigenvalue weighted by Gasteiger charge is 2.16. The number of esters is 2. The Morgan fingerprint density at radius 3 is 1.50 bits per heavy atom. The van der Waals surface area contributed by atoms with E-state index in [0.717, 1.165) is 44.9 Å². The summed E-state index contributed by atoms with van der Waals surface area (Å²) < 4.78 is 10.4. The predicted molar refractivity (Wildman–Crippen MR) is 150 cm³/mol. The van der Waals surface area contributed by atoms with Crippen LogP contribution in [0.1, 0.15) is 155 Å². The van der Waals surface area contributed by atoms with Crippen LogP contribution in [0.3, 0.4) is 0 Å². The van der Waals surface area contributed by atoms with Crippen molar-refractivity contribution >= 4 is 11.9 Å². The fraction of sp³-hybridized carbons (Fsp3) is 0.871. The highest BCUT2D eigenvalue weighted by Crippen LogP contribution is 2.12. The molecule has 0 spiro atoms. The molecule has 0 amide bonds. The average molecular weight is 511 g/mol. The summed E-state index contributed by atoms with van der Waals surface area (Å²) in [5, 5.41) is 9.42. The number of hydrogen-bond donors (Lipinski definition) is 1. The number of allylic oxidation sites excluding steroid dienone is 2. The van der Waals surface area contributed by atoms with Crippen molar-refractivity contribution in [2.24, 2.45) is 0 Å². The molecule has 1 unspecified atom stereocenters. The molecule has 0 saturated heterocycles. The molecule has 5 nitrogen and oxygen atoms in total. The molecule has 0 aliphatic heterocycles. The lowest BCUT2D eigenvalue weighted by Crippen LogP contribution is -2.28. The topological polar surface area (TPSA) is 72.8 Å². The van der Waals surface area contributed by atoms with Crippen molar-refractivity contribution < 1.29 is 24.2 Å². The van der Waals surface area contributed by atoms with Gasteiger partial charge in [0, 0.05) is 12.8 Å². The second-order valence-corrected chi connectivity index (χ2v) is 10.2. The summed E-state index contributed by atoms with van der Waals surface area (Å²) in [6.07, 6.45) is 28.5. The zero-order valence-corrected chi connectivity index (χ0v) is 23.8. The number of hydrogen-bond acceptors (Lipinski definition) is 5. The summed E-state index contributed by atoms with van der Waals surface area (Å²) in [6.45, 7) is 4.05. The van der Waals surface area contributed by atoms with E-state index in [1.165, 1.54) is 83.5 Å². The summed E-state index contributed by atoms with van der Waals surface area (Å²) >= 11 is 0. The Morgan fingerprint density at radius 1 is 0.611 bits per heavy atom. The molecule has 0 aromatic carbocycles. The first-order chi connectivity index (χ1) is 17.6. The molecule has 0 saturated carbocycles. The van der Waals surface area contributed by atoms with Crippen LogP contribution in [0.5, 0.6) is 0 Å². The van der Waals surface area contributed by atoms with Crippen LogP contribution in [-0.2, 0) is 19.1 Å². The van der Waals surface area contributed by atoms with Crippen LogP contribution in [0.2, 0.25) is 0 Å². The maximum Gasteiger partial charge on any atom is 0.306 e. The molecule has 0 fully saturated rings. The number of carbonyl (C=O) groups is 2. The van der Waals surface area contributed by atoms with E-state index >= 15 is 0 Å². The van der Waals surface area contributed by atoms with Crippen LogP contribution in [0, 0.1) is 0 Å². The molecule has 0 radical (unpaired) electrons. The van der Waals surface area contributed by atoms with Gasteiger partial charge in [-0.2, -0.15) is 0 Å². The Morgan fingerprint density at radius 2 is 1.03 bits per heavy atom. The second-order valence-electron chi connectivity index (χ2n) is 10.2. The van der Waals surface area contributed by atoms with E-state index in [2.05, 4.69) is 26.0 Å². The number of ether oxygens (including phenoxy) is 2. The lowest BCUT2D eigenvalue weighted by atomic mass is 10.1. The summed E-state index contributed by atoms with van der Waals surface area (Å²) in [4.78, 5) is 23.8. The van der Waals surface area contributed by atoms with Crippen LogP contribution in [0.15, 0.2) is 12.2 Å².